The van der Waals surface area contributed by atoms with Crippen molar-refractivity contribution < 1.29 is 23.9 Å². The van der Waals surface area contributed by atoms with Crippen LogP contribution in [-0.4, -0.2) is 59.7 Å². The van der Waals surface area contributed by atoms with Gasteiger partial charge in [-0.15, -0.1) is 11.3 Å². The van der Waals surface area contributed by atoms with E-state index in [0.717, 1.165) is 35.0 Å². The summed E-state index contributed by atoms with van der Waals surface area (Å²) in [5.41, 5.74) is 1.33. The largest absolute Gasteiger partial charge is 0.462 e. The molecule has 0 aromatic carbocycles. The SMILES string of the molecule is CCOC(=O)c1c(NC(=O)CN2C(=O)CCC2=O)sc2c1CCN(CC)C2. The van der Waals surface area contributed by atoms with Crippen LogP contribution in [0.2, 0.25) is 0 Å². The van der Waals surface area contributed by atoms with E-state index >= 15 is 0 Å². The molecule has 3 rings (SSSR count). The number of ether oxygens (including phenoxy) is 1. The van der Waals surface area contributed by atoms with Crippen LogP contribution in [0.3, 0.4) is 0 Å². The first-order chi connectivity index (χ1) is 12.9. The van der Waals surface area contributed by atoms with Crippen LogP contribution >= 0.6 is 11.3 Å². The minimum atomic E-state index is -0.491. The fourth-order valence-corrected chi connectivity index (χ4v) is 4.64. The third kappa shape index (κ3) is 4.03. The van der Waals surface area contributed by atoms with E-state index in [1.165, 1.54) is 11.3 Å². The van der Waals surface area contributed by atoms with Gasteiger partial charge in [0.1, 0.15) is 11.5 Å². The molecule has 8 nitrogen and oxygen atoms in total. The summed E-state index contributed by atoms with van der Waals surface area (Å²) in [6.45, 7) is 6.21. The zero-order valence-electron chi connectivity index (χ0n) is 15.5. The smallest absolute Gasteiger partial charge is 0.341 e. The van der Waals surface area contributed by atoms with Crippen LogP contribution in [0.25, 0.3) is 0 Å². The molecule has 3 amide bonds. The molecule has 0 bridgehead atoms. The second-order valence-electron chi connectivity index (χ2n) is 6.47. The third-order valence-corrected chi connectivity index (χ3v) is 5.90. The summed E-state index contributed by atoms with van der Waals surface area (Å²) in [6.07, 6.45) is 0.994. The predicted molar refractivity (Wildman–Crippen MR) is 99.5 cm³/mol. The molecule has 0 saturated carbocycles. The minimum absolute atomic E-state index is 0.139. The first kappa shape index (κ1) is 19.5. The summed E-state index contributed by atoms with van der Waals surface area (Å²) < 4.78 is 5.18. The lowest BCUT2D eigenvalue weighted by Crippen LogP contribution is -2.37. The number of likely N-dealkylation sites (N-methyl/N-ethyl adjacent to an activating group) is 1. The number of esters is 1. The molecule has 0 radical (unpaired) electrons. The molecule has 3 heterocycles. The highest BCUT2D eigenvalue weighted by Gasteiger charge is 2.32. The molecule has 9 heteroatoms. The van der Waals surface area contributed by atoms with Gasteiger partial charge in [0.15, 0.2) is 0 Å². The summed E-state index contributed by atoms with van der Waals surface area (Å²) in [6, 6.07) is 0. The fourth-order valence-electron chi connectivity index (χ4n) is 3.34. The summed E-state index contributed by atoms with van der Waals surface area (Å²) in [5, 5.41) is 3.15. The summed E-state index contributed by atoms with van der Waals surface area (Å²) in [7, 11) is 0. The summed E-state index contributed by atoms with van der Waals surface area (Å²) in [4.78, 5) is 52.6. The maximum absolute atomic E-state index is 12.5. The van der Waals surface area contributed by atoms with Gasteiger partial charge >= 0.3 is 5.97 Å². The van der Waals surface area contributed by atoms with Gasteiger partial charge in [0.25, 0.3) is 0 Å². The Morgan fingerprint density at radius 3 is 2.48 bits per heavy atom. The van der Waals surface area contributed by atoms with Crippen molar-refractivity contribution in [2.24, 2.45) is 0 Å². The van der Waals surface area contributed by atoms with Crippen molar-refractivity contribution in [2.45, 2.75) is 39.7 Å². The molecule has 0 atom stereocenters. The predicted octanol–water partition coefficient (Wildman–Crippen LogP) is 1.39. The zero-order valence-corrected chi connectivity index (χ0v) is 16.3. The van der Waals surface area contributed by atoms with Crippen molar-refractivity contribution in [3.63, 3.8) is 0 Å². The van der Waals surface area contributed by atoms with Gasteiger partial charge in [-0.1, -0.05) is 6.92 Å². The maximum Gasteiger partial charge on any atom is 0.341 e. The van der Waals surface area contributed by atoms with E-state index in [-0.39, 0.29) is 37.8 Å². The van der Waals surface area contributed by atoms with E-state index in [1.54, 1.807) is 6.92 Å². The van der Waals surface area contributed by atoms with E-state index in [0.29, 0.717) is 17.0 Å². The molecule has 2 aliphatic heterocycles. The summed E-state index contributed by atoms with van der Waals surface area (Å²) >= 11 is 1.36. The number of carbonyl (C=O) groups is 4. The Hall–Kier alpha value is -2.26. The molecule has 1 aromatic heterocycles. The van der Waals surface area contributed by atoms with Crippen molar-refractivity contribution in [1.29, 1.82) is 0 Å². The number of likely N-dealkylation sites (tertiary alicyclic amines) is 1. The molecule has 1 fully saturated rings. The van der Waals surface area contributed by atoms with Crippen LogP contribution in [0.5, 0.6) is 0 Å². The maximum atomic E-state index is 12.5. The van der Waals surface area contributed by atoms with Gasteiger partial charge in [-0.3, -0.25) is 24.2 Å². The van der Waals surface area contributed by atoms with Crippen molar-refractivity contribution >= 4 is 40.0 Å². The molecule has 27 heavy (non-hydrogen) atoms. The molecule has 1 saturated heterocycles. The van der Waals surface area contributed by atoms with Crippen LogP contribution in [0.1, 0.15) is 47.5 Å². The number of nitrogens with zero attached hydrogens (tertiary/aromatic N) is 2. The lowest BCUT2D eigenvalue weighted by Gasteiger charge is -2.25. The monoisotopic (exact) mass is 393 g/mol. The lowest BCUT2D eigenvalue weighted by atomic mass is 10.0. The first-order valence-electron chi connectivity index (χ1n) is 9.11. The van der Waals surface area contributed by atoms with Crippen molar-refractivity contribution in [1.82, 2.24) is 9.80 Å². The van der Waals surface area contributed by atoms with E-state index in [1.807, 2.05) is 0 Å². The molecular formula is C18H23N3O5S. The molecule has 146 valence electrons. The Balaban J connectivity index is 1.82. The van der Waals surface area contributed by atoms with Crippen LogP contribution in [0, 0.1) is 0 Å². The number of fused-ring (bicyclic) bond motifs is 1. The van der Waals surface area contributed by atoms with E-state index in [2.05, 4.69) is 17.1 Å². The topological polar surface area (TPSA) is 96.0 Å². The quantitative estimate of drug-likeness (QED) is 0.580. The van der Waals surface area contributed by atoms with E-state index < -0.39 is 11.9 Å². The minimum Gasteiger partial charge on any atom is -0.462 e. The number of hydrogen-bond donors (Lipinski definition) is 1. The van der Waals surface area contributed by atoms with Crippen molar-refractivity contribution in [3.05, 3.63) is 16.0 Å². The van der Waals surface area contributed by atoms with E-state index in [4.69, 9.17) is 4.74 Å². The molecule has 1 N–H and O–H groups in total. The molecule has 1 aromatic rings. The van der Waals surface area contributed by atoms with Gasteiger partial charge < -0.3 is 10.1 Å². The van der Waals surface area contributed by atoms with Gasteiger partial charge in [-0.05, 0) is 25.5 Å². The standard InChI is InChI=1S/C18H23N3O5S/c1-3-20-8-7-11-12(9-20)27-17(16(11)18(25)26-4-2)19-13(22)10-21-14(23)5-6-15(21)24/h3-10H2,1-2H3,(H,19,22). The van der Waals surface area contributed by atoms with Crippen molar-refractivity contribution in [3.8, 4) is 0 Å². The zero-order chi connectivity index (χ0) is 19.6. The fraction of sp³-hybridized carbons (Fsp3) is 0.556. The molecule has 0 spiro atoms. The van der Waals surface area contributed by atoms with Gasteiger partial charge in [0.2, 0.25) is 17.7 Å². The Labute approximate surface area is 161 Å². The van der Waals surface area contributed by atoms with Crippen LogP contribution in [-0.2, 0) is 32.1 Å². The Bertz CT molecular complexity index is 772. The van der Waals surface area contributed by atoms with Gasteiger partial charge in [0.05, 0.1) is 12.2 Å². The van der Waals surface area contributed by atoms with Gasteiger partial charge in [0, 0.05) is 30.8 Å². The number of hydrogen-bond acceptors (Lipinski definition) is 7. The highest BCUT2D eigenvalue weighted by atomic mass is 32.1. The normalized spacial score (nSPS) is 17.2. The number of anilines is 1. The Morgan fingerprint density at radius 1 is 1.15 bits per heavy atom. The number of amides is 3. The first-order valence-corrected chi connectivity index (χ1v) is 9.93. The van der Waals surface area contributed by atoms with Crippen LogP contribution in [0.15, 0.2) is 0 Å². The average molecular weight is 393 g/mol. The number of nitrogens with one attached hydrogen (secondary N) is 1. The van der Waals surface area contributed by atoms with E-state index in [9.17, 15) is 19.2 Å². The Kier molecular flexibility index (Phi) is 5.91. The molecular weight excluding hydrogens is 370 g/mol. The van der Waals surface area contributed by atoms with Gasteiger partial charge in [-0.2, -0.15) is 0 Å². The number of imide groups is 1. The van der Waals surface area contributed by atoms with Crippen LogP contribution in [0.4, 0.5) is 5.00 Å². The Morgan fingerprint density at radius 2 is 1.85 bits per heavy atom. The third-order valence-electron chi connectivity index (χ3n) is 4.77. The molecule has 0 unspecified atom stereocenters. The molecule has 2 aliphatic rings. The molecule has 0 aliphatic carbocycles. The summed E-state index contributed by atoms with van der Waals surface area (Å²) in [5.74, 6) is -1.63. The number of carbonyl (C=O) groups excluding carboxylic acids is 4. The number of rotatable bonds is 6. The van der Waals surface area contributed by atoms with Crippen molar-refractivity contribution in [2.75, 3.05) is 31.6 Å². The second kappa shape index (κ2) is 8.18. The second-order valence-corrected chi connectivity index (χ2v) is 7.57. The highest BCUT2D eigenvalue weighted by Crippen LogP contribution is 2.37. The average Bonchev–Trinajstić information content (AvgIpc) is 3.15. The van der Waals surface area contributed by atoms with Gasteiger partial charge in [-0.25, -0.2) is 4.79 Å². The number of thiophene rings is 1. The lowest BCUT2D eigenvalue weighted by molar-refractivity contribution is -0.141. The highest BCUT2D eigenvalue weighted by molar-refractivity contribution is 7.17. The van der Waals surface area contributed by atoms with Crippen LogP contribution < -0.4 is 5.32 Å².